The van der Waals surface area contributed by atoms with E-state index in [9.17, 15) is 26.4 Å². The molecular weight excluding hydrogens is 215 g/mol. The number of hydrogen-bond donors (Lipinski definition) is 1. The molecule has 0 saturated heterocycles. The van der Waals surface area contributed by atoms with E-state index in [4.69, 9.17) is 0 Å². The highest BCUT2D eigenvalue weighted by Gasteiger charge is 2.45. The van der Waals surface area contributed by atoms with E-state index in [1.165, 1.54) is 0 Å². The third kappa shape index (κ3) is 3.59. The first-order chi connectivity index (χ1) is 5.70. The van der Waals surface area contributed by atoms with Crippen molar-refractivity contribution in [3.63, 3.8) is 0 Å². The number of alkyl halides is 3. The summed E-state index contributed by atoms with van der Waals surface area (Å²) in [4.78, 5) is 10.3. The highest BCUT2D eigenvalue weighted by molar-refractivity contribution is 7.90. The maximum absolute atomic E-state index is 11.6. The predicted molar refractivity (Wildman–Crippen MR) is 35.0 cm³/mol. The minimum absolute atomic E-state index is 0.921. The number of halogens is 3. The molecule has 78 valence electrons. The van der Waals surface area contributed by atoms with E-state index in [0.29, 0.717) is 0 Å². The quantitative estimate of drug-likeness (QED) is 0.658. The first-order valence-corrected chi connectivity index (χ1v) is 4.32. The van der Waals surface area contributed by atoms with Crippen LogP contribution in [0.3, 0.4) is 0 Å². The van der Waals surface area contributed by atoms with Crippen LogP contribution in [-0.2, 0) is 19.6 Å². The summed E-state index contributed by atoms with van der Waals surface area (Å²) in [7, 11) is -4.53. The molecule has 0 spiro atoms. The number of esters is 1. The average molecular weight is 221 g/mol. The second-order valence-electron chi connectivity index (χ2n) is 1.85. The lowest BCUT2D eigenvalue weighted by molar-refractivity contribution is -0.139. The molecule has 0 saturated carbocycles. The molecule has 0 amide bonds. The van der Waals surface area contributed by atoms with Crippen LogP contribution in [0.1, 0.15) is 0 Å². The van der Waals surface area contributed by atoms with Crippen molar-refractivity contribution in [3.8, 4) is 0 Å². The molecule has 1 N–H and O–H groups in total. The molecule has 5 nitrogen and oxygen atoms in total. The maximum atomic E-state index is 11.6. The molecule has 9 heteroatoms. The predicted octanol–water partition coefficient (Wildman–Crippen LogP) is -0.401. The Balaban J connectivity index is 4.30. The van der Waals surface area contributed by atoms with Crippen molar-refractivity contribution in [1.82, 2.24) is 4.72 Å². The van der Waals surface area contributed by atoms with Gasteiger partial charge >= 0.3 is 21.5 Å². The fraction of sp³-hybridized carbons (Fsp3) is 0.750. The maximum Gasteiger partial charge on any atom is 0.511 e. The number of rotatable bonds is 3. The van der Waals surface area contributed by atoms with Crippen molar-refractivity contribution in [2.24, 2.45) is 0 Å². The van der Waals surface area contributed by atoms with Crippen molar-refractivity contribution in [1.29, 1.82) is 0 Å². The lowest BCUT2D eigenvalue weighted by Gasteiger charge is -2.07. The van der Waals surface area contributed by atoms with Crippen LogP contribution in [0.25, 0.3) is 0 Å². The third-order valence-corrected chi connectivity index (χ3v) is 2.07. The minimum atomic E-state index is -5.45. The molecule has 0 rings (SSSR count). The Morgan fingerprint density at radius 2 is 1.92 bits per heavy atom. The molecule has 0 aliphatic rings. The van der Waals surface area contributed by atoms with Gasteiger partial charge in [-0.3, -0.25) is 4.79 Å². The molecule has 0 radical (unpaired) electrons. The van der Waals surface area contributed by atoms with Crippen LogP contribution >= 0.6 is 0 Å². The van der Waals surface area contributed by atoms with Crippen LogP contribution < -0.4 is 4.72 Å². The fourth-order valence-corrected chi connectivity index (χ4v) is 0.779. The van der Waals surface area contributed by atoms with E-state index in [0.717, 1.165) is 11.8 Å². The van der Waals surface area contributed by atoms with Crippen LogP contribution in [0.15, 0.2) is 0 Å². The summed E-state index contributed by atoms with van der Waals surface area (Å²) in [6, 6.07) is 0. The van der Waals surface area contributed by atoms with Gasteiger partial charge in [0.05, 0.1) is 7.11 Å². The van der Waals surface area contributed by atoms with Crippen molar-refractivity contribution in [2.75, 3.05) is 13.7 Å². The summed E-state index contributed by atoms with van der Waals surface area (Å²) >= 11 is 0. The van der Waals surface area contributed by atoms with Gasteiger partial charge in [0.15, 0.2) is 0 Å². The van der Waals surface area contributed by atoms with Crippen LogP contribution in [0.5, 0.6) is 0 Å². The van der Waals surface area contributed by atoms with Crippen LogP contribution in [0, 0.1) is 0 Å². The monoisotopic (exact) mass is 221 g/mol. The third-order valence-electron chi connectivity index (χ3n) is 0.939. The van der Waals surface area contributed by atoms with Gasteiger partial charge < -0.3 is 4.74 Å². The van der Waals surface area contributed by atoms with Gasteiger partial charge in [0.25, 0.3) is 0 Å². The number of carbonyl (C=O) groups is 1. The van der Waals surface area contributed by atoms with E-state index >= 15 is 0 Å². The fourth-order valence-electron chi connectivity index (χ4n) is 0.308. The van der Waals surface area contributed by atoms with E-state index < -0.39 is 28.0 Å². The number of carbonyl (C=O) groups excluding carboxylic acids is 1. The second-order valence-corrected chi connectivity index (χ2v) is 3.60. The number of hydrogen-bond acceptors (Lipinski definition) is 4. The number of sulfonamides is 1. The van der Waals surface area contributed by atoms with E-state index in [2.05, 4.69) is 4.74 Å². The standard InChI is InChI=1S/C4H6F3NO4S/c1-12-3(9)2-8-13(10,11)4(5,6)7/h8H,2H2,1H3. The first-order valence-electron chi connectivity index (χ1n) is 2.83. The smallest absolute Gasteiger partial charge is 0.468 e. The lowest BCUT2D eigenvalue weighted by atomic mass is 10.7. The summed E-state index contributed by atoms with van der Waals surface area (Å²) in [5.41, 5.74) is -5.42. The number of ether oxygens (including phenoxy) is 1. The van der Waals surface area contributed by atoms with Gasteiger partial charge in [0.1, 0.15) is 6.54 Å². The Morgan fingerprint density at radius 1 is 1.46 bits per heavy atom. The molecule has 0 aliphatic carbocycles. The topological polar surface area (TPSA) is 72.5 Å². The van der Waals surface area contributed by atoms with Crippen molar-refractivity contribution in [3.05, 3.63) is 0 Å². The first kappa shape index (κ1) is 12.2. The van der Waals surface area contributed by atoms with Crippen molar-refractivity contribution < 1.29 is 31.1 Å². The van der Waals surface area contributed by atoms with Gasteiger partial charge in [-0.1, -0.05) is 0 Å². The van der Waals surface area contributed by atoms with Gasteiger partial charge in [-0.15, -0.1) is 0 Å². The van der Waals surface area contributed by atoms with Gasteiger partial charge in [-0.2, -0.15) is 17.9 Å². The Hall–Kier alpha value is -0.830. The van der Waals surface area contributed by atoms with E-state index in [1.54, 1.807) is 0 Å². The summed E-state index contributed by atoms with van der Waals surface area (Å²) < 4.78 is 60.2. The average Bonchev–Trinajstić information content (AvgIpc) is 1.98. The molecule has 0 aliphatic heterocycles. The Labute approximate surface area is 71.9 Å². The molecule has 0 aromatic rings. The zero-order chi connectivity index (χ0) is 10.7. The Morgan fingerprint density at radius 3 is 2.23 bits per heavy atom. The molecule has 0 fully saturated rings. The van der Waals surface area contributed by atoms with Crippen molar-refractivity contribution >= 4 is 16.0 Å². The van der Waals surface area contributed by atoms with Crippen LogP contribution in [0.2, 0.25) is 0 Å². The summed E-state index contributed by atoms with van der Waals surface area (Å²) in [5.74, 6) is -1.10. The van der Waals surface area contributed by atoms with Crippen LogP contribution in [0.4, 0.5) is 13.2 Å². The molecule has 0 aromatic heterocycles. The van der Waals surface area contributed by atoms with Gasteiger partial charge in [0.2, 0.25) is 0 Å². The van der Waals surface area contributed by atoms with E-state index in [1.807, 2.05) is 0 Å². The van der Waals surface area contributed by atoms with E-state index in [-0.39, 0.29) is 0 Å². The highest BCUT2D eigenvalue weighted by Crippen LogP contribution is 2.21. The molecule has 0 atom stereocenters. The largest absolute Gasteiger partial charge is 0.511 e. The van der Waals surface area contributed by atoms with Gasteiger partial charge in [-0.25, -0.2) is 8.42 Å². The molecule has 0 unspecified atom stereocenters. The molecule has 13 heavy (non-hydrogen) atoms. The Bertz CT molecular complexity index is 282. The molecular formula is C4H6F3NO4S. The van der Waals surface area contributed by atoms with Gasteiger partial charge in [-0.05, 0) is 0 Å². The molecule has 0 heterocycles. The zero-order valence-corrected chi connectivity index (χ0v) is 7.20. The van der Waals surface area contributed by atoms with Crippen molar-refractivity contribution in [2.45, 2.75) is 5.51 Å². The van der Waals surface area contributed by atoms with Crippen LogP contribution in [-0.4, -0.2) is 33.5 Å². The number of nitrogens with one attached hydrogen (secondary N) is 1. The Kier molecular flexibility index (Phi) is 3.67. The summed E-state index contributed by atoms with van der Waals surface area (Å²) in [6.07, 6.45) is 0. The number of methoxy groups -OCH3 is 1. The summed E-state index contributed by atoms with van der Waals surface area (Å²) in [6.45, 7) is -1.04. The SMILES string of the molecule is COC(=O)CNS(=O)(=O)C(F)(F)F. The summed E-state index contributed by atoms with van der Waals surface area (Å²) in [5, 5.41) is 0. The zero-order valence-electron chi connectivity index (χ0n) is 6.38. The molecule has 0 aromatic carbocycles. The normalized spacial score (nSPS) is 12.6. The molecule has 0 bridgehead atoms. The lowest BCUT2D eigenvalue weighted by Crippen LogP contribution is -2.39. The second kappa shape index (κ2) is 3.92. The highest BCUT2D eigenvalue weighted by atomic mass is 32.2. The van der Waals surface area contributed by atoms with Gasteiger partial charge in [0, 0.05) is 0 Å². The minimum Gasteiger partial charge on any atom is -0.468 e.